The summed E-state index contributed by atoms with van der Waals surface area (Å²) in [5.41, 5.74) is 0. The summed E-state index contributed by atoms with van der Waals surface area (Å²) in [7, 11) is -9.90. The van der Waals surface area contributed by atoms with Crippen LogP contribution >= 0.6 is 15.6 Å². The highest BCUT2D eigenvalue weighted by atomic mass is 31.2. The molecule has 0 fully saturated rings. The number of ether oxygens (including phenoxy) is 4. The quantitative estimate of drug-likeness (QED) is 0.0222. The van der Waals surface area contributed by atoms with Crippen LogP contribution in [0.2, 0.25) is 0 Å². The molecule has 2 unspecified atom stereocenters. The fourth-order valence-corrected chi connectivity index (χ4v) is 12.6. The van der Waals surface area contributed by atoms with Gasteiger partial charge in [0, 0.05) is 25.7 Å². The summed E-state index contributed by atoms with van der Waals surface area (Å²) in [6.07, 6.45) is 52.9. The van der Waals surface area contributed by atoms with Crippen molar-refractivity contribution in [3.63, 3.8) is 0 Å². The zero-order valence-corrected chi connectivity index (χ0v) is 60.8. The molecule has 0 spiro atoms. The van der Waals surface area contributed by atoms with Crippen molar-refractivity contribution in [2.45, 2.75) is 393 Å². The lowest BCUT2D eigenvalue weighted by Gasteiger charge is -2.21. The van der Waals surface area contributed by atoms with E-state index in [0.29, 0.717) is 25.7 Å². The Morgan fingerprint density at radius 3 is 0.747 bits per heavy atom. The molecule has 0 rings (SSSR count). The van der Waals surface area contributed by atoms with Gasteiger partial charge in [-0.3, -0.25) is 37.3 Å². The van der Waals surface area contributed by atoms with Gasteiger partial charge in [-0.05, 0) is 31.6 Å². The number of aliphatic hydroxyl groups excluding tert-OH is 1. The van der Waals surface area contributed by atoms with E-state index in [1.54, 1.807) is 0 Å². The molecule has 0 aliphatic heterocycles. The fraction of sp³-hybridized carbons (Fsp3) is 0.944. The summed E-state index contributed by atoms with van der Waals surface area (Å²) < 4.78 is 68.2. The van der Waals surface area contributed by atoms with Crippen molar-refractivity contribution in [2.24, 2.45) is 5.92 Å². The van der Waals surface area contributed by atoms with Crippen molar-refractivity contribution in [3.8, 4) is 0 Å². The molecule has 0 aromatic heterocycles. The summed E-state index contributed by atoms with van der Waals surface area (Å²) in [6.45, 7) is 7.22. The van der Waals surface area contributed by atoms with E-state index in [9.17, 15) is 43.2 Å². The third-order valence-corrected chi connectivity index (χ3v) is 18.7. The van der Waals surface area contributed by atoms with Gasteiger partial charge in [-0.25, -0.2) is 9.13 Å². The lowest BCUT2D eigenvalue weighted by molar-refractivity contribution is -0.161. The second-order valence-corrected chi connectivity index (χ2v) is 29.4. The Balaban J connectivity index is 5.17. The van der Waals surface area contributed by atoms with Gasteiger partial charge in [0.15, 0.2) is 12.2 Å². The molecule has 17 nitrogen and oxygen atoms in total. The Morgan fingerprint density at radius 2 is 0.505 bits per heavy atom. The summed E-state index contributed by atoms with van der Waals surface area (Å²) in [5, 5.41) is 10.6. The molecular weight excluding hydrogens is 1200 g/mol. The number of hydrogen-bond acceptors (Lipinski definition) is 15. The van der Waals surface area contributed by atoms with Crippen LogP contribution in [0.15, 0.2) is 0 Å². The van der Waals surface area contributed by atoms with Crippen molar-refractivity contribution in [1.29, 1.82) is 0 Å². The zero-order chi connectivity index (χ0) is 67.0. The topological polar surface area (TPSA) is 237 Å². The van der Waals surface area contributed by atoms with E-state index >= 15 is 0 Å². The van der Waals surface area contributed by atoms with Crippen LogP contribution in [0.1, 0.15) is 375 Å². The van der Waals surface area contributed by atoms with E-state index in [1.165, 1.54) is 193 Å². The van der Waals surface area contributed by atoms with Crippen molar-refractivity contribution in [1.82, 2.24) is 0 Å². The number of unbranched alkanes of at least 4 members (excludes halogenated alkanes) is 44. The van der Waals surface area contributed by atoms with Crippen LogP contribution in [-0.2, 0) is 65.4 Å². The molecule has 3 N–H and O–H groups in total. The van der Waals surface area contributed by atoms with E-state index in [1.807, 2.05) is 0 Å². The number of carbonyl (C=O) groups excluding carboxylic acids is 4. The summed E-state index contributed by atoms with van der Waals surface area (Å²) in [4.78, 5) is 72.5. The fourth-order valence-electron chi connectivity index (χ4n) is 11.0. The molecule has 0 aromatic rings. The maximum atomic E-state index is 13.0. The van der Waals surface area contributed by atoms with Gasteiger partial charge in [0.25, 0.3) is 0 Å². The van der Waals surface area contributed by atoms with E-state index < -0.39 is 97.5 Å². The normalized spacial score (nSPS) is 14.0. The molecular formula is C72H140O17P2. The molecule has 5 atom stereocenters. The molecule has 91 heavy (non-hydrogen) atoms. The predicted molar refractivity (Wildman–Crippen MR) is 368 cm³/mol. The van der Waals surface area contributed by atoms with E-state index in [4.69, 9.17) is 37.0 Å². The number of phosphoric acid groups is 2. The number of aliphatic hydroxyl groups is 1. The highest BCUT2D eigenvalue weighted by Crippen LogP contribution is 2.45. The van der Waals surface area contributed by atoms with Gasteiger partial charge in [0.2, 0.25) is 0 Å². The maximum absolute atomic E-state index is 13.0. The first-order valence-electron chi connectivity index (χ1n) is 37.6. The highest BCUT2D eigenvalue weighted by molar-refractivity contribution is 7.47. The second kappa shape index (κ2) is 65.4. The Kier molecular flexibility index (Phi) is 64.0. The molecule has 0 aromatic carbocycles. The molecule has 0 saturated carbocycles. The van der Waals surface area contributed by atoms with Crippen LogP contribution in [0.3, 0.4) is 0 Å². The minimum absolute atomic E-state index is 0.106. The van der Waals surface area contributed by atoms with Gasteiger partial charge < -0.3 is 33.8 Å². The van der Waals surface area contributed by atoms with Crippen LogP contribution in [-0.4, -0.2) is 96.7 Å². The Morgan fingerprint density at radius 1 is 0.297 bits per heavy atom. The molecule has 0 bridgehead atoms. The van der Waals surface area contributed by atoms with Crippen molar-refractivity contribution >= 4 is 39.5 Å². The number of carbonyl (C=O) groups is 4. The average Bonchev–Trinajstić information content (AvgIpc) is 3.71. The maximum Gasteiger partial charge on any atom is 0.472 e. The smallest absolute Gasteiger partial charge is 0.462 e. The van der Waals surface area contributed by atoms with Crippen molar-refractivity contribution in [3.05, 3.63) is 0 Å². The predicted octanol–water partition coefficient (Wildman–Crippen LogP) is 20.9. The lowest BCUT2D eigenvalue weighted by atomic mass is 10.0. The van der Waals surface area contributed by atoms with Crippen LogP contribution in [0.4, 0.5) is 0 Å². The molecule has 0 aliphatic rings. The molecule has 0 radical (unpaired) electrons. The van der Waals surface area contributed by atoms with Gasteiger partial charge in [0.05, 0.1) is 26.4 Å². The average molecular weight is 1340 g/mol. The van der Waals surface area contributed by atoms with Crippen LogP contribution in [0, 0.1) is 5.92 Å². The summed E-state index contributed by atoms with van der Waals surface area (Å²) >= 11 is 0. The zero-order valence-electron chi connectivity index (χ0n) is 59.0. The largest absolute Gasteiger partial charge is 0.472 e. The van der Waals surface area contributed by atoms with Crippen molar-refractivity contribution < 1.29 is 80.2 Å². The highest BCUT2D eigenvalue weighted by Gasteiger charge is 2.30. The van der Waals surface area contributed by atoms with Crippen molar-refractivity contribution in [2.75, 3.05) is 39.6 Å². The Bertz CT molecular complexity index is 1750. The van der Waals surface area contributed by atoms with E-state index in [0.717, 1.165) is 102 Å². The van der Waals surface area contributed by atoms with Crippen LogP contribution < -0.4 is 0 Å². The number of esters is 4. The van der Waals surface area contributed by atoms with Gasteiger partial charge in [0.1, 0.15) is 19.3 Å². The van der Waals surface area contributed by atoms with E-state index in [2.05, 4.69) is 34.6 Å². The monoisotopic (exact) mass is 1340 g/mol. The molecule has 19 heteroatoms. The van der Waals surface area contributed by atoms with Gasteiger partial charge in [-0.2, -0.15) is 0 Å². The summed E-state index contributed by atoms with van der Waals surface area (Å²) in [6, 6.07) is 0. The van der Waals surface area contributed by atoms with Gasteiger partial charge in [-0.1, -0.05) is 324 Å². The lowest BCUT2D eigenvalue weighted by Crippen LogP contribution is -2.30. The molecule has 0 amide bonds. The van der Waals surface area contributed by atoms with E-state index in [-0.39, 0.29) is 25.7 Å². The molecule has 540 valence electrons. The first-order valence-corrected chi connectivity index (χ1v) is 40.6. The molecule has 0 saturated heterocycles. The minimum Gasteiger partial charge on any atom is -0.462 e. The first-order chi connectivity index (χ1) is 44.0. The third-order valence-electron chi connectivity index (χ3n) is 16.8. The summed E-state index contributed by atoms with van der Waals surface area (Å²) in [5.74, 6) is -1.36. The second-order valence-electron chi connectivity index (χ2n) is 26.5. The third kappa shape index (κ3) is 66.5. The van der Waals surface area contributed by atoms with Gasteiger partial charge >= 0.3 is 39.5 Å². The Labute approximate surface area is 556 Å². The Hall–Kier alpha value is -1.94. The standard InChI is InChI=1S/C72H140O17P2/c1-6-9-12-15-18-21-23-24-25-26-27-28-29-30-31-32-38-43-48-53-58-72(77)89-68(62-83-70(75)56-51-46-41-37-34-33-35-39-44-49-54-65(4)5)64-87-91(80,81)85-60-66(73)59-84-90(78,79)86-63-67(61-82-69(74)55-50-45-40-20-17-14-11-8-3)88-71(76)57-52-47-42-36-22-19-16-13-10-7-2/h65-68,73H,6-64H2,1-5H3,(H,78,79)(H,80,81)/t66-,67+,68+/m0/s1. The molecule has 0 heterocycles. The molecule has 0 aliphatic carbocycles. The number of phosphoric ester groups is 2. The number of rotatable bonds is 72. The number of hydrogen-bond donors (Lipinski definition) is 3. The first kappa shape index (κ1) is 89.1. The van der Waals surface area contributed by atoms with Gasteiger partial charge in [-0.15, -0.1) is 0 Å². The SMILES string of the molecule is CCCCCCCCCCCCCCCCCCCCCCC(=O)O[C@H](COC(=O)CCCCCCCCCCCCC(C)C)COP(=O)(O)OC[C@@H](O)COP(=O)(O)OC[C@@H](COC(=O)CCCCCCCCCC)OC(=O)CCCCCCCCCCCC. The van der Waals surface area contributed by atoms with Crippen LogP contribution in [0.25, 0.3) is 0 Å². The minimum atomic E-state index is -4.95. The van der Waals surface area contributed by atoms with Crippen LogP contribution in [0.5, 0.6) is 0 Å².